The van der Waals surface area contributed by atoms with Crippen molar-refractivity contribution >= 4 is 23.6 Å². The molecule has 5 heteroatoms. The fourth-order valence-corrected chi connectivity index (χ4v) is 2.05. The molecule has 1 atom stereocenters. The zero-order chi connectivity index (χ0) is 12.6. The highest BCUT2D eigenvalue weighted by molar-refractivity contribution is 7.99. The van der Waals surface area contributed by atoms with Crippen molar-refractivity contribution in [3.05, 3.63) is 0 Å². The number of carboxylic acids is 1. The van der Waals surface area contributed by atoms with Crippen molar-refractivity contribution in [2.75, 3.05) is 11.5 Å². The van der Waals surface area contributed by atoms with Crippen LogP contribution >= 0.6 is 11.8 Å². The molecule has 0 aliphatic heterocycles. The van der Waals surface area contributed by atoms with Crippen LogP contribution in [0.4, 0.5) is 0 Å². The number of rotatable bonds is 8. The molecule has 0 saturated carbocycles. The third-order valence-corrected chi connectivity index (χ3v) is 3.17. The third kappa shape index (κ3) is 6.71. The lowest BCUT2D eigenvalue weighted by Gasteiger charge is -2.17. The Labute approximate surface area is 101 Å². The maximum absolute atomic E-state index is 11.4. The normalized spacial score (nSPS) is 12.5. The van der Waals surface area contributed by atoms with E-state index in [0.29, 0.717) is 5.75 Å². The summed E-state index contributed by atoms with van der Waals surface area (Å²) in [6, 6.07) is -0.778. The minimum absolute atomic E-state index is 0.0953. The van der Waals surface area contributed by atoms with E-state index < -0.39 is 12.0 Å². The van der Waals surface area contributed by atoms with Gasteiger partial charge in [0.1, 0.15) is 6.04 Å². The molecule has 0 heterocycles. The largest absolute Gasteiger partial charge is 0.480 e. The molecule has 0 saturated heterocycles. The van der Waals surface area contributed by atoms with Crippen LogP contribution in [0, 0.1) is 5.92 Å². The molecular formula is C11H21NO3S. The van der Waals surface area contributed by atoms with E-state index in [9.17, 15) is 9.59 Å². The van der Waals surface area contributed by atoms with Crippen LogP contribution in [-0.4, -0.2) is 34.5 Å². The molecule has 0 bridgehead atoms. The van der Waals surface area contributed by atoms with Gasteiger partial charge < -0.3 is 10.4 Å². The molecule has 0 aliphatic carbocycles. The van der Waals surface area contributed by atoms with Gasteiger partial charge >= 0.3 is 5.97 Å². The first kappa shape index (κ1) is 15.3. The Morgan fingerprint density at radius 1 is 1.38 bits per heavy atom. The summed E-state index contributed by atoms with van der Waals surface area (Å²) in [5, 5.41) is 11.4. The molecule has 94 valence electrons. The Kier molecular flexibility index (Phi) is 8.07. The van der Waals surface area contributed by atoms with Crippen molar-refractivity contribution in [2.45, 2.75) is 39.7 Å². The molecule has 0 aromatic rings. The van der Waals surface area contributed by atoms with Crippen molar-refractivity contribution in [1.82, 2.24) is 5.32 Å². The summed E-state index contributed by atoms with van der Waals surface area (Å²) in [5.41, 5.74) is 0. The van der Waals surface area contributed by atoms with Crippen LogP contribution in [0.1, 0.15) is 33.6 Å². The summed E-state index contributed by atoms with van der Waals surface area (Å²) in [4.78, 5) is 22.3. The molecular weight excluding hydrogens is 226 g/mol. The average molecular weight is 247 g/mol. The summed E-state index contributed by atoms with van der Waals surface area (Å²) in [5.74, 6) is 0.0334. The van der Waals surface area contributed by atoms with E-state index >= 15 is 0 Å². The highest BCUT2D eigenvalue weighted by atomic mass is 32.2. The van der Waals surface area contributed by atoms with Crippen molar-refractivity contribution in [3.63, 3.8) is 0 Å². The second-order valence-electron chi connectivity index (χ2n) is 4.03. The number of thioether (sulfide) groups is 1. The highest BCUT2D eigenvalue weighted by Crippen LogP contribution is 2.06. The molecule has 4 nitrogen and oxygen atoms in total. The predicted molar refractivity (Wildman–Crippen MR) is 66.6 cm³/mol. The van der Waals surface area contributed by atoms with E-state index in [2.05, 4.69) is 12.2 Å². The Morgan fingerprint density at radius 3 is 2.44 bits per heavy atom. The van der Waals surface area contributed by atoms with Gasteiger partial charge in [0.05, 0.1) is 5.75 Å². The van der Waals surface area contributed by atoms with E-state index in [1.54, 1.807) is 25.6 Å². The minimum atomic E-state index is -0.970. The summed E-state index contributed by atoms with van der Waals surface area (Å²) >= 11 is 1.55. The van der Waals surface area contributed by atoms with E-state index in [4.69, 9.17) is 5.11 Å². The number of amides is 1. The number of hydrogen-bond donors (Lipinski definition) is 2. The molecule has 0 fully saturated rings. The fraction of sp³-hybridized carbons (Fsp3) is 0.818. The summed E-state index contributed by atoms with van der Waals surface area (Å²) in [7, 11) is 0. The van der Waals surface area contributed by atoms with Gasteiger partial charge in [-0.05, 0) is 18.1 Å². The molecule has 0 aliphatic rings. The molecule has 16 heavy (non-hydrogen) atoms. The van der Waals surface area contributed by atoms with Gasteiger partial charge in [-0.3, -0.25) is 4.79 Å². The van der Waals surface area contributed by atoms with Crippen LogP contribution in [-0.2, 0) is 9.59 Å². The molecule has 0 rings (SSSR count). The van der Waals surface area contributed by atoms with Gasteiger partial charge in [-0.25, -0.2) is 4.79 Å². The van der Waals surface area contributed by atoms with Gasteiger partial charge in [-0.2, -0.15) is 11.8 Å². The van der Waals surface area contributed by atoms with Gasteiger partial charge in [-0.1, -0.05) is 27.2 Å². The molecule has 1 amide bonds. The van der Waals surface area contributed by atoms with Crippen molar-refractivity contribution < 1.29 is 14.7 Å². The molecule has 1 unspecified atom stereocenters. The summed E-state index contributed by atoms with van der Waals surface area (Å²) in [6.45, 7) is 5.66. The zero-order valence-electron chi connectivity index (χ0n) is 10.2. The number of carbonyl (C=O) groups is 2. The summed E-state index contributed by atoms with van der Waals surface area (Å²) < 4.78 is 0. The Bertz CT molecular complexity index is 231. The lowest BCUT2D eigenvalue weighted by atomic mass is 10.1. The second kappa shape index (κ2) is 8.44. The minimum Gasteiger partial charge on any atom is -0.480 e. The zero-order valence-corrected chi connectivity index (χ0v) is 11.0. The molecule has 0 spiro atoms. The third-order valence-electron chi connectivity index (χ3n) is 2.12. The van der Waals surface area contributed by atoms with Crippen LogP contribution in [0.2, 0.25) is 0 Å². The van der Waals surface area contributed by atoms with Crippen LogP contribution in [0.5, 0.6) is 0 Å². The van der Waals surface area contributed by atoms with Crippen LogP contribution in [0.25, 0.3) is 0 Å². The maximum Gasteiger partial charge on any atom is 0.326 e. The topological polar surface area (TPSA) is 66.4 Å². The van der Waals surface area contributed by atoms with Crippen LogP contribution < -0.4 is 5.32 Å². The maximum atomic E-state index is 11.4. The van der Waals surface area contributed by atoms with Gasteiger partial charge in [0.25, 0.3) is 0 Å². The number of unbranched alkanes of at least 4 members (excludes halogenated alkanes) is 1. The lowest BCUT2D eigenvalue weighted by molar-refractivity contribution is -0.142. The van der Waals surface area contributed by atoms with E-state index in [-0.39, 0.29) is 11.8 Å². The Morgan fingerprint density at radius 2 is 2.00 bits per heavy atom. The van der Waals surface area contributed by atoms with Gasteiger partial charge in [0, 0.05) is 0 Å². The first-order valence-electron chi connectivity index (χ1n) is 5.59. The van der Waals surface area contributed by atoms with Gasteiger partial charge in [-0.15, -0.1) is 0 Å². The lowest BCUT2D eigenvalue weighted by Crippen LogP contribution is -2.45. The molecule has 2 N–H and O–H groups in total. The van der Waals surface area contributed by atoms with Gasteiger partial charge in [0.2, 0.25) is 5.91 Å². The number of carbonyl (C=O) groups excluding carboxylic acids is 1. The average Bonchev–Trinajstić information content (AvgIpc) is 2.20. The molecule has 0 aromatic carbocycles. The first-order chi connectivity index (χ1) is 7.49. The Hall–Kier alpha value is -0.710. The van der Waals surface area contributed by atoms with Crippen molar-refractivity contribution in [2.24, 2.45) is 5.92 Å². The summed E-state index contributed by atoms with van der Waals surface area (Å²) in [6.07, 6.45) is 2.20. The highest BCUT2D eigenvalue weighted by Gasteiger charge is 2.22. The molecule has 0 radical (unpaired) electrons. The number of hydrogen-bond acceptors (Lipinski definition) is 3. The Balaban J connectivity index is 3.87. The number of aliphatic carboxylic acids is 1. The van der Waals surface area contributed by atoms with E-state index in [1.807, 2.05) is 0 Å². The number of carboxylic acid groups (broad SMARTS) is 1. The van der Waals surface area contributed by atoms with Gasteiger partial charge in [0.15, 0.2) is 0 Å². The number of nitrogens with one attached hydrogen (secondary N) is 1. The smallest absolute Gasteiger partial charge is 0.326 e. The monoisotopic (exact) mass is 247 g/mol. The fourth-order valence-electron chi connectivity index (χ4n) is 1.14. The van der Waals surface area contributed by atoms with E-state index in [0.717, 1.165) is 18.6 Å². The predicted octanol–water partition coefficient (Wildman–Crippen LogP) is 1.75. The first-order valence-corrected chi connectivity index (χ1v) is 6.74. The SMILES string of the molecule is CCCCSCC(=O)NC(C(=O)O)C(C)C. The second-order valence-corrected chi connectivity index (χ2v) is 5.14. The van der Waals surface area contributed by atoms with Crippen molar-refractivity contribution in [1.29, 1.82) is 0 Å². The quantitative estimate of drug-likeness (QED) is 0.641. The standard InChI is InChI=1S/C11H21NO3S/c1-4-5-6-16-7-9(13)12-10(8(2)3)11(14)15/h8,10H,4-7H2,1-3H3,(H,12,13)(H,14,15). The van der Waals surface area contributed by atoms with Crippen LogP contribution in [0.3, 0.4) is 0 Å². The molecule has 0 aromatic heterocycles. The van der Waals surface area contributed by atoms with Crippen LogP contribution in [0.15, 0.2) is 0 Å². The van der Waals surface area contributed by atoms with E-state index in [1.165, 1.54) is 0 Å². The van der Waals surface area contributed by atoms with Crippen molar-refractivity contribution in [3.8, 4) is 0 Å².